The van der Waals surface area contributed by atoms with Crippen LogP contribution in [-0.4, -0.2) is 19.8 Å². The van der Waals surface area contributed by atoms with Gasteiger partial charge in [-0.15, -0.1) is 5.10 Å². The van der Waals surface area contributed by atoms with Gasteiger partial charge in [0, 0.05) is 6.07 Å². The van der Waals surface area contributed by atoms with Crippen LogP contribution >= 0.6 is 0 Å². The third kappa shape index (κ3) is 1.99. The number of hydrogen-bond acceptors (Lipinski definition) is 5. The molecule has 4 rings (SSSR count). The molecule has 0 amide bonds. The van der Waals surface area contributed by atoms with Gasteiger partial charge in [-0.25, -0.2) is 9.37 Å². The molecule has 3 heterocycles. The van der Waals surface area contributed by atoms with Crippen LogP contribution in [0.15, 0.2) is 53.2 Å². The maximum Gasteiger partial charge on any atom is 0.220 e. The summed E-state index contributed by atoms with van der Waals surface area (Å²) >= 11 is 0. The minimum atomic E-state index is -0.284. The molecule has 0 unspecified atom stereocenters. The molecule has 0 saturated heterocycles. The molecule has 0 aliphatic rings. The average Bonchev–Trinajstić information content (AvgIpc) is 3.17. The van der Waals surface area contributed by atoms with E-state index in [1.54, 1.807) is 24.3 Å². The van der Waals surface area contributed by atoms with Crippen LogP contribution in [0.25, 0.3) is 28.4 Å². The number of rotatable bonds is 2. The van der Waals surface area contributed by atoms with Gasteiger partial charge in [0.05, 0.1) is 6.20 Å². The van der Waals surface area contributed by atoms with Crippen LogP contribution in [0.4, 0.5) is 10.2 Å². The molecule has 0 fully saturated rings. The first-order valence-electron chi connectivity index (χ1n) is 6.54. The van der Waals surface area contributed by atoms with Crippen LogP contribution < -0.4 is 5.73 Å². The Hall–Kier alpha value is -3.22. The fourth-order valence-electron chi connectivity index (χ4n) is 2.25. The Morgan fingerprint density at radius 2 is 1.86 bits per heavy atom. The van der Waals surface area contributed by atoms with Gasteiger partial charge in [-0.1, -0.05) is 17.3 Å². The third-order valence-corrected chi connectivity index (χ3v) is 3.30. The van der Waals surface area contributed by atoms with E-state index < -0.39 is 0 Å². The molecule has 0 radical (unpaired) electrons. The highest BCUT2D eigenvalue weighted by Crippen LogP contribution is 2.25. The van der Waals surface area contributed by atoms with Crippen molar-refractivity contribution in [3.8, 4) is 22.7 Å². The molecule has 2 N–H and O–H groups in total. The lowest BCUT2D eigenvalue weighted by molar-refractivity contribution is 0.429. The molecule has 0 aliphatic carbocycles. The number of nitrogens with zero attached hydrogens (tertiary/aromatic N) is 4. The van der Waals surface area contributed by atoms with Crippen LogP contribution in [0.5, 0.6) is 0 Å². The maximum atomic E-state index is 13.0. The highest BCUT2D eigenvalue weighted by molar-refractivity contribution is 5.71. The van der Waals surface area contributed by atoms with Crippen LogP contribution in [-0.2, 0) is 0 Å². The van der Waals surface area contributed by atoms with Gasteiger partial charge >= 0.3 is 0 Å². The Labute approximate surface area is 124 Å². The van der Waals surface area contributed by atoms with Crippen molar-refractivity contribution >= 4 is 11.5 Å². The zero-order valence-electron chi connectivity index (χ0n) is 11.3. The quantitative estimate of drug-likeness (QED) is 0.615. The van der Waals surface area contributed by atoms with Crippen molar-refractivity contribution in [3.63, 3.8) is 0 Å². The number of anilines is 1. The zero-order valence-corrected chi connectivity index (χ0v) is 11.3. The first-order valence-corrected chi connectivity index (χ1v) is 6.54. The number of aromatic nitrogens is 4. The number of nitrogen functional groups attached to an aromatic ring is 1. The number of benzene rings is 1. The van der Waals surface area contributed by atoms with E-state index in [1.165, 1.54) is 22.8 Å². The molecular formula is C15H10FN5O. The lowest BCUT2D eigenvalue weighted by Gasteiger charge is -2.04. The van der Waals surface area contributed by atoms with Gasteiger partial charge in [0.2, 0.25) is 11.6 Å². The first kappa shape index (κ1) is 12.5. The molecule has 22 heavy (non-hydrogen) atoms. The van der Waals surface area contributed by atoms with Crippen molar-refractivity contribution in [1.29, 1.82) is 0 Å². The van der Waals surface area contributed by atoms with E-state index in [0.29, 0.717) is 23.0 Å². The van der Waals surface area contributed by atoms with Crippen molar-refractivity contribution in [2.24, 2.45) is 0 Å². The van der Waals surface area contributed by atoms with Crippen molar-refractivity contribution in [1.82, 2.24) is 19.8 Å². The van der Waals surface area contributed by atoms with Gasteiger partial charge in [0.25, 0.3) is 0 Å². The lowest BCUT2D eigenvalue weighted by atomic mass is 10.1. The predicted molar refractivity (Wildman–Crippen MR) is 78.3 cm³/mol. The summed E-state index contributed by atoms with van der Waals surface area (Å²) < 4.78 is 19.6. The van der Waals surface area contributed by atoms with E-state index >= 15 is 0 Å². The Balaban J connectivity index is 1.87. The van der Waals surface area contributed by atoms with E-state index in [0.717, 1.165) is 11.1 Å². The van der Waals surface area contributed by atoms with Gasteiger partial charge in [-0.3, -0.25) is 0 Å². The molecule has 0 atom stereocenters. The van der Waals surface area contributed by atoms with E-state index in [9.17, 15) is 4.39 Å². The normalized spacial score (nSPS) is 11.1. The molecule has 6 nitrogen and oxygen atoms in total. The summed E-state index contributed by atoms with van der Waals surface area (Å²) in [5.74, 6) is 1.01. The van der Waals surface area contributed by atoms with Gasteiger partial charge in [0.1, 0.15) is 11.6 Å². The molecule has 0 spiro atoms. The summed E-state index contributed by atoms with van der Waals surface area (Å²) in [7, 11) is 0. The summed E-state index contributed by atoms with van der Waals surface area (Å²) in [5.41, 5.74) is 8.29. The monoisotopic (exact) mass is 295 g/mol. The molecule has 3 aromatic heterocycles. The molecule has 0 aliphatic heterocycles. The number of nitrogens with two attached hydrogens (primary N) is 1. The van der Waals surface area contributed by atoms with Gasteiger partial charge in [-0.05, 0) is 35.4 Å². The van der Waals surface area contributed by atoms with E-state index in [2.05, 4.69) is 15.2 Å². The fraction of sp³-hybridized carbons (Fsp3) is 0. The topological polar surface area (TPSA) is 82.2 Å². The molecular weight excluding hydrogens is 285 g/mol. The smallest absolute Gasteiger partial charge is 0.220 e. The van der Waals surface area contributed by atoms with Crippen molar-refractivity contribution < 1.29 is 8.91 Å². The summed E-state index contributed by atoms with van der Waals surface area (Å²) in [5, 5.41) is 7.92. The summed E-state index contributed by atoms with van der Waals surface area (Å²) in [4.78, 5) is 4.38. The number of pyridine rings is 1. The first-order chi connectivity index (χ1) is 10.7. The lowest BCUT2D eigenvalue weighted by Crippen LogP contribution is -1.99. The van der Waals surface area contributed by atoms with E-state index in [4.69, 9.17) is 10.3 Å². The molecule has 0 saturated carbocycles. The number of hydrogen-bond donors (Lipinski definition) is 1. The van der Waals surface area contributed by atoms with E-state index in [1.807, 2.05) is 6.07 Å². The maximum absolute atomic E-state index is 13.0. The second-order valence-electron chi connectivity index (χ2n) is 4.76. The summed E-state index contributed by atoms with van der Waals surface area (Å²) in [6.45, 7) is 0. The highest BCUT2D eigenvalue weighted by Gasteiger charge is 2.12. The Bertz CT molecular complexity index is 944. The Morgan fingerprint density at radius 3 is 2.59 bits per heavy atom. The van der Waals surface area contributed by atoms with Crippen LogP contribution in [0, 0.1) is 5.82 Å². The molecule has 0 bridgehead atoms. The van der Waals surface area contributed by atoms with Crippen LogP contribution in [0.3, 0.4) is 0 Å². The van der Waals surface area contributed by atoms with Gasteiger partial charge in [-0.2, -0.15) is 4.52 Å². The van der Waals surface area contributed by atoms with Gasteiger partial charge < -0.3 is 10.3 Å². The van der Waals surface area contributed by atoms with Crippen molar-refractivity contribution in [2.45, 2.75) is 0 Å². The second-order valence-corrected chi connectivity index (χ2v) is 4.76. The van der Waals surface area contributed by atoms with Gasteiger partial charge in [0.15, 0.2) is 5.65 Å². The van der Waals surface area contributed by atoms with Crippen LogP contribution in [0.2, 0.25) is 0 Å². The Kier molecular flexibility index (Phi) is 2.65. The standard InChI is InChI=1S/C15H10FN5O/c16-11-3-1-9(2-4-11)10-7-13(17)21-14(8-10)19-15(20-21)12-5-6-18-22-12/h1-8H,17H2. The fourth-order valence-corrected chi connectivity index (χ4v) is 2.25. The third-order valence-electron chi connectivity index (χ3n) is 3.30. The SMILES string of the molecule is Nc1cc(-c2ccc(F)cc2)cc2nc(-c3ccno3)nn12. The molecule has 108 valence electrons. The minimum absolute atomic E-state index is 0.284. The number of halogens is 1. The zero-order chi connectivity index (χ0) is 15.1. The van der Waals surface area contributed by atoms with E-state index in [-0.39, 0.29) is 5.82 Å². The minimum Gasteiger partial charge on any atom is -0.384 e. The second kappa shape index (κ2) is 4.66. The Morgan fingerprint density at radius 1 is 1.05 bits per heavy atom. The van der Waals surface area contributed by atoms with Crippen molar-refractivity contribution in [3.05, 3.63) is 54.5 Å². The number of fused-ring (bicyclic) bond motifs is 1. The molecule has 1 aromatic carbocycles. The molecule has 4 aromatic rings. The van der Waals surface area contributed by atoms with Crippen molar-refractivity contribution in [2.75, 3.05) is 5.73 Å². The summed E-state index contributed by atoms with van der Waals surface area (Å²) in [6.07, 6.45) is 1.52. The largest absolute Gasteiger partial charge is 0.384 e. The average molecular weight is 295 g/mol. The molecule has 7 heteroatoms. The predicted octanol–water partition coefficient (Wildman–Crippen LogP) is 2.77. The van der Waals surface area contributed by atoms with Crippen LogP contribution in [0.1, 0.15) is 0 Å². The highest BCUT2D eigenvalue weighted by atomic mass is 19.1. The summed E-state index contributed by atoms with van der Waals surface area (Å²) in [6, 6.07) is 11.4.